The van der Waals surface area contributed by atoms with E-state index in [1.54, 1.807) is 18.2 Å². The highest BCUT2D eigenvalue weighted by molar-refractivity contribution is 5.78. The normalized spacial score (nSPS) is 27.5. The van der Waals surface area contributed by atoms with Crippen molar-refractivity contribution in [1.82, 2.24) is 10.6 Å². The predicted octanol–water partition coefficient (Wildman–Crippen LogP) is 1.35. The first-order valence-corrected chi connectivity index (χ1v) is 8.69. The molecule has 2 fully saturated rings. The Labute approximate surface area is 141 Å². The van der Waals surface area contributed by atoms with Gasteiger partial charge in [-0.05, 0) is 18.9 Å². The molecule has 0 bridgehead atoms. The van der Waals surface area contributed by atoms with Crippen LogP contribution >= 0.6 is 0 Å². The SMILES string of the molecule is O=C(NC[C@H]1OC[C@@H](NCc2ccccc2F)[C@@H]1O)C1CCCC1. The molecule has 0 spiro atoms. The summed E-state index contributed by atoms with van der Waals surface area (Å²) in [5, 5.41) is 16.4. The number of carbonyl (C=O) groups excluding carboxylic acids is 1. The van der Waals surface area contributed by atoms with Gasteiger partial charge in [0.25, 0.3) is 0 Å². The molecule has 3 N–H and O–H groups in total. The Bertz CT molecular complexity index is 563. The molecule has 5 nitrogen and oxygen atoms in total. The topological polar surface area (TPSA) is 70.6 Å². The van der Waals surface area contributed by atoms with Gasteiger partial charge in [0.2, 0.25) is 5.91 Å². The van der Waals surface area contributed by atoms with Crippen LogP contribution in [-0.4, -0.2) is 42.4 Å². The molecule has 0 radical (unpaired) electrons. The lowest BCUT2D eigenvalue weighted by Gasteiger charge is -2.20. The number of hydrogen-bond acceptors (Lipinski definition) is 4. The molecule has 1 aromatic rings. The van der Waals surface area contributed by atoms with Crippen LogP contribution in [0, 0.1) is 11.7 Å². The number of carbonyl (C=O) groups is 1. The van der Waals surface area contributed by atoms with Crippen LogP contribution < -0.4 is 10.6 Å². The second-order valence-electron chi connectivity index (χ2n) is 6.67. The number of aliphatic hydroxyl groups is 1. The minimum Gasteiger partial charge on any atom is -0.389 e. The van der Waals surface area contributed by atoms with Gasteiger partial charge in [-0.15, -0.1) is 0 Å². The molecule has 1 amide bonds. The molecule has 1 aromatic carbocycles. The molecule has 0 aromatic heterocycles. The standard InChI is InChI=1S/C18H25FN2O3/c19-14-8-4-3-7-13(14)9-20-15-11-24-16(17(15)22)10-21-18(23)12-5-1-2-6-12/h3-4,7-8,12,15-17,20,22H,1-2,5-6,9-11H2,(H,21,23)/t15-,16-,17+/m1/s1. The Morgan fingerprint density at radius 2 is 2.04 bits per heavy atom. The first kappa shape index (κ1) is 17.3. The van der Waals surface area contributed by atoms with E-state index in [1.807, 2.05) is 0 Å². The highest BCUT2D eigenvalue weighted by atomic mass is 19.1. The Balaban J connectivity index is 1.43. The number of aliphatic hydroxyl groups excluding tert-OH is 1. The summed E-state index contributed by atoms with van der Waals surface area (Å²) < 4.78 is 19.2. The molecule has 1 saturated carbocycles. The molecule has 2 aliphatic rings. The number of amides is 1. The van der Waals surface area contributed by atoms with Crippen molar-refractivity contribution in [2.45, 2.75) is 50.5 Å². The maximum atomic E-state index is 13.6. The molecular formula is C18H25FN2O3. The minimum atomic E-state index is -0.722. The second kappa shape index (κ2) is 8.05. The summed E-state index contributed by atoms with van der Waals surface area (Å²) in [6.45, 7) is 0.993. The highest BCUT2D eigenvalue weighted by Gasteiger charge is 2.36. The van der Waals surface area contributed by atoms with Gasteiger partial charge >= 0.3 is 0 Å². The maximum absolute atomic E-state index is 13.6. The van der Waals surface area contributed by atoms with E-state index in [4.69, 9.17) is 4.74 Å². The maximum Gasteiger partial charge on any atom is 0.223 e. The molecule has 1 aliphatic heterocycles. The number of rotatable bonds is 6. The molecule has 1 saturated heterocycles. The first-order chi connectivity index (χ1) is 11.6. The number of benzene rings is 1. The van der Waals surface area contributed by atoms with Crippen LogP contribution in [0.25, 0.3) is 0 Å². The summed E-state index contributed by atoms with van der Waals surface area (Å²) in [6, 6.07) is 6.29. The third-order valence-corrected chi connectivity index (χ3v) is 5.00. The lowest BCUT2D eigenvalue weighted by molar-refractivity contribution is -0.125. The lowest BCUT2D eigenvalue weighted by atomic mass is 10.1. The number of ether oxygens (including phenoxy) is 1. The van der Waals surface area contributed by atoms with Gasteiger partial charge in [0.05, 0.1) is 18.8 Å². The third-order valence-electron chi connectivity index (χ3n) is 5.00. The van der Waals surface area contributed by atoms with Gasteiger partial charge in [0.1, 0.15) is 11.9 Å². The zero-order valence-corrected chi connectivity index (χ0v) is 13.7. The number of halogens is 1. The average molecular weight is 336 g/mol. The number of hydrogen-bond donors (Lipinski definition) is 3. The van der Waals surface area contributed by atoms with Crippen LogP contribution in [0.15, 0.2) is 24.3 Å². The molecule has 3 atom stereocenters. The molecule has 1 aliphatic carbocycles. The van der Waals surface area contributed by atoms with Gasteiger partial charge in [-0.2, -0.15) is 0 Å². The summed E-state index contributed by atoms with van der Waals surface area (Å²) in [5.74, 6) is -0.0941. The molecule has 0 unspecified atom stereocenters. The summed E-state index contributed by atoms with van der Waals surface area (Å²) in [4.78, 5) is 12.0. The summed E-state index contributed by atoms with van der Waals surface area (Å²) in [5.41, 5.74) is 0.558. The van der Waals surface area contributed by atoms with Crippen LogP contribution in [0.5, 0.6) is 0 Å². The fourth-order valence-corrected chi connectivity index (χ4v) is 3.46. The van der Waals surface area contributed by atoms with E-state index in [9.17, 15) is 14.3 Å². The van der Waals surface area contributed by atoms with Crippen molar-refractivity contribution in [2.75, 3.05) is 13.2 Å². The van der Waals surface area contributed by atoms with E-state index in [1.165, 1.54) is 6.07 Å². The third kappa shape index (κ3) is 4.12. The van der Waals surface area contributed by atoms with E-state index >= 15 is 0 Å². The second-order valence-corrected chi connectivity index (χ2v) is 6.67. The average Bonchev–Trinajstić information content (AvgIpc) is 3.23. The molecule has 1 heterocycles. The van der Waals surface area contributed by atoms with Crippen molar-refractivity contribution in [3.8, 4) is 0 Å². The zero-order valence-electron chi connectivity index (χ0n) is 13.7. The van der Waals surface area contributed by atoms with Crippen molar-refractivity contribution in [1.29, 1.82) is 0 Å². The van der Waals surface area contributed by atoms with E-state index in [2.05, 4.69) is 10.6 Å². The van der Waals surface area contributed by atoms with Crippen LogP contribution in [-0.2, 0) is 16.1 Å². The molecule has 24 heavy (non-hydrogen) atoms. The smallest absolute Gasteiger partial charge is 0.223 e. The van der Waals surface area contributed by atoms with Crippen molar-refractivity contribution >= 4 is 5.91 Å². The molecular weight excluding hydrogens is 311 g/mol. The van der Waals surface area contributed by atoms with E-state index in [-0.39, 0.29) is 23.7 Å². The molecule has 3 rings (SSSR count). The predicted molar refractivity (Wildman–Crippen MR) is 87.7 cm³/mol. The van der Waals surface area contributed by atoms with Gasteiger partial charge < -0.3 is 20.5 Å². The van der Waals surface area contributed by atoms with Crippen LogP contribution in [0.1, 0.15) is 31.2 Å². The van der Waals surface area contributed by atoms with Crippen molar-refractivity contribution in [2.24, 2.45) is 5.92 Å². The monoisotopic (exact) mass is 336 g/mol. The van der Waals surface area contributed by atoms with Gasteiger partial charge in [0, 0.05) is 24.6 Å². The van der Waals surface area contributed by atoms with Gasteiger partial charge in [-0.1, -0.05) is 31.0 Å². The van der Waals surface area contributed by atoms with Crippen molar-refractivity contribution in [3.05, 3.63) is 35.6 Å². The van der Waals surface area contributed by atoms with E-state index < -0.39 is 12.2 Å². The molecule has 132 valence electrons. The van der Waals surface area contributed by atoms with Gasteiger partial charge in [-0.25, -0.2) is 4.39 Å². The Morgan fingerprint density at radius 3 is 2.79 bits per heavy atom. The van der Waals surface area contributed by atoms with Crippen LogP contribution in [0.3, 0.4) is 0 Å². The summed E-state index contributed by atoms with van der Waals surface area (Å²) in [7, 11) is 0. The Morgan fingerprint density at radius 1 is 1.29 bits per heavy atom. The Hall–Kier alpha value is -1.50. The highest BCUT2D eigenvalue weighted by Crippen LogP contribution is 2.24. The van der Waals surface area contributed by atoms with Crippen LogP contribution in [0.4, 0.5) is 4.39 Å². The zero-order chi connectivity index (χ0) is 16.9. The van der Waals surface area contributed by atoms with Gasteiger partial charge in [0.15, 0.2) is 0 Å². The minimum absolute atomic E-state index is 0.0612. The quantitative estimate of drug-likeness (QED) is 0.733. The van der Waals surface area contributed by atoms with E-state index in [0.29, 0.717) is 25.3 Å². The number of nitrogens with one attached hydrogen (secondary N) is 2. The summed E-state index contributed by atoms with van der Waals surface area (Å²) in [6.07, 6.45) is 2.99. The van der Waals surface area contributed by atoms with Crippen molar-refractivity contribution in [3.63, 3.8) is 0 Å². The molecule has 6 heteroatoms. The fraction of sp³-hybridized carbons (Fsp3) is 0.611. The summed E-state index contributed by atoms with van der Waals surface area (Å²) >= 11 is 0. The largest absolute Gasteiger partial charge is 0.389 e. The van der Waals surface area contributed by atoms with E-state index in [0.717, 1.165) is 25.7 Å². The lowest BCUT2D eigenvalue weighted by Crippen LogP contribution is -2.45. The Kier molecular flexibility index (Phi) is 5.81. The van der Waals surface area contributed by atoms with Gasteiger partial charge in [-0.3, -0.25) is 4.79 Å². The van der Waals surface area contributed by atoms with Crippen LogP contribution in [0.2, 0.25) is 0 Å². The first-order valence-electron chi connectivity index (χ1n) is 8.69. The van der Waals surface area contributed by atoms with Crippen molar-refractivity contribution < 1.29 is 19.0 Å². The fourth-order valence-electron chi connectivity index (χ4n) is 3.46.